The number of aromatic nitrogens is 4. The molecule has 1 atom stereocenters. The van der Waals surface area contributed by atoms with Crippen LogP contribution in [-0.2, 0) is 6.54 Å². The number of nitrogens with zero attached hydrogens (tertiary/aromatic N) is 5. The first-order valence-corrected chi connectivity index (χ1v) is 8.35. The number of fused-ring (bicyclic) bond motifs is 1. The van der Waals surface area contributed by atoms with Gasteiger partial charge in [-0.2, -0.15) is 0 Å². The van der Waals surface area contributed by atoms with Crippen molar-refractivity contribution < 1.29 is 5.11 Å². The Kier molecular flexibility index (Phi) is 3.90. The Morgan fingerprint density at radius 1 is 1.21 bits per heavy atom. The molecule has 1 aliphatic rings. The quantitative estimate of drug-likeness (QED) is 0.802. The number of benzene rings is 1. The summed E-state index contributed by atoms with van der Waals surface area (Å²) in [6.45, 7) is 3.23. The Bertz CT molecular complexity index is 842. The highest BCUT2D eigenvalue weighted by Gasteiger charge is 2.19. The number of piperidine rings is 1. The molecule has 24 heavy (non-hydrogen) atoms. The van der Waals surface area contributed by atoms with Gasteiger partial charge < -0.3 is 14.6 Å². The van der Waals surface area contributed by atoms with E-state index in [-0.39, 0.29) is 5.75 Å². The summed E-state index contributed by atoms with van der Waals surface area (Å²) < 4.78 is 2.12. The molecule has 0 spiro atoms. The molecule has 6 nitrogen and oxygen atoms in total. The number of phenolic OH excluding ortho intramolecular Hbond substituents is 1. The summed E-state index contributed by atoms with van der Waals surface area (Å²) in [6.07, 6.45) is 6.08. The number of likely N-dealkylation sites (tertiary alicyclic amines) is 1. The van der Waals surface area contributed by atoms with Crippen molar-refractivity contribution >= 4 is 11.3 Å². The lowest BCUT2D eigenvalue weighted by molar-refractivity contribution is 0.195. The van der Waals surface area contributed by atoms with Gasteiger partial charge in [-0.15, -0.1) is 0 Å². The van der Waals surface area contributed by atoms with Crippen LogP contribution in [0.3, 0.4) is 0 Å². The fourth-order valence-corrected chi connectivity index (χ4v) is 3.44. The maximum absolute atomic E-state index is 9.44. The zero-order chi connectivity index (χ0) is 16.5. The van der Waals surface area contributed by atoms with Gasteiger partial charge in [-0.3, -0.25) is 0 Å². The van der Waals surface area contributed by atoms with Gasteiger partial charge in [0, 0.05) is 18.7 Å². The minimum Gasteiger partial charge on any atom is -0.508 e. The Morgan fingerprint density at radius 3 is 2.83 bits per heavy atom. The number of hydrogen-bond acceptors (Lipinski definition) is 5. The molecular formula is C18H21N5O. The molecule has 124 valence electrons. The van der Waals surface area contributed by atoms with E-state index in [2.05, 4.69) is 26.5 Å². The molecule has 1 saturated heterocycles. The number of rotatable bonds is 3. The summed E-state index contributed by atoms with van der Waals surface area (Å²) in [5, 5.41) is 9.44. The molecule has 3 aromatic rings. The van der Waals surface area contributed by atoms with Crippen LogP contribution in [0.1, 0.15) is 12.8 Å². The molecule has 0 radical (unpaired) electrons. The lowest BCUT2D eigenvalue weighted by Gasteiger charge is -2.29. The molecule has 0 bridgehead atoms. The van der Waals surface area contributed by atoms with Gasteiger partial charge in [0.05, 0.1) is 18.2 Å². The highest BCUT2D eigenvalue weighted by molar-refractivity contribution is 5.71. The molecule has 0 aliphatic carbocycles. The number of phenols is 1. The van der Waals surface area contributed by atoms with Crippen molar-refractivity contribution in [3.05, 3.63) is 36.8 Å². The SMILES string of the molecule is CN1CCCC(Cn2cnc3ncc(-c4ccc(O)cc4)nc32)C1. The van der Waals surface area contributed by atoms with Crippen LogP contribution < -0.4 is 0 Å². The Balaban J connectivity index is 1.64. The molecule has 2 aromatic heterocycles. The minimum absolute atomic E-state index is 0.249. The lowest BCUT2D eigenvalue weighted by Crippen LogP contribution is -2.34. The predicted molar refractivity (Wildman–Crippen MR) is 92.6 cm³/mol. The Hall–Kier alpha value is -2.47. The first-order valence-electron chi connectivity index (χ1n) is 8.35. The summed E-state index contributed by atoms with van der Waals surface area (Å²) in [5.41, 5.74) is 3.24. The maximum atomic E-state index is 9.44. The molecule has 6 heteroatoms. The minimum atomic E-state index is 0.249. The maximum Gasteiger partial charge on any atom is 0.197 e. The van der Waals surface area contributed by atoms with Crippen molar-refractivity contribution in [2.45, 2.75) is 19.4 Å². The van der Waals surface area contributed by atoms with E-state index < -0.39 is 0 Å². The third-order valence-electron chi connectivity index (χ3n) is 4.67. The molecular weight excluding hydrogens is 302 g/mol. The van der Waals surface area contributed by atoms with E-state index in [0.29, 0.717) is 11.6 Å². The number of aromatic hydroxyl groups is 1. The fourth-order valence-electron chi connectivity index (χ4n) is 3.44. The van der Waals surface area contributed by atoms with E-state index in [1.54, 1.807) is 18.3 Å². The van der Waals surface area contributed by atoms with Crippen molar-refractivity contribution in [2.24, 2.45) is 5.92 Å². The first-order chi connectivity index (χ1) is 11.7. The predicted octanol–water partition coefficient (Wildman–Crippen LogP) is 2.54. The standard InChI is InChI=1S/C18H21N5O/c1-22-8-2-3-13(10-22)11-23-12-20-17-18(23)21-16(9-19-17)14-4-6-15(24)7-5-14/h4-7,9,12-13,24H,2-3,8,10-11H2,1H3. The Labute approximate surface area is 140 Å². The number of imidazole rings is 1. The molecule has 1 aromatic carbocycles. The van der Waals surface area contributed by atoms with Crippen LogP contribution in [0.2, 0.25) is 0 Å². The van der Waals surface area contributed by atoms with Gasteiger partial charge >= 0.3 is 0 Å². The number of hydrogen-bond donors (Lipinski definition) is 1. The van der Waals surface area contributed by atoms with E-state index in [0.717, 1.165) is 30.0 Å². The van der Waals surface area contributed by atoms with Crippen molar-refractivity contribution in [2.75, 3.05) is 20.1 Å². The second kappa shape index (κ2) is 6.20. The molecule has 3 heterocycles. The molecule has 1 aliphatic heterocycles. The summed E-state index contributed by atoms with van der Waals surface area (Å²) in [6, 6.07) is 7.02. The van der Waals surface area contributed by atoms with Gasteiger partial charge in [0.25, 0.3) is 0 Å². The lowest BCUT2D eigenvalue weighted by atomic mass is 9.98. The van der Waals surface area contributed by atoms with Crippen LogP contribution in [0.4, 0.5) is 0 Å². The van der Waals surface area contributed by atoms with Crippen molar-refractivity contribution in [3.63, 3.8) is 0 Å². The van der Waals surface area contributed by atoms with Gasteiger partial charge in [0.2, 0.25) is 0 Å². The van der Waals surface area contributed by atoms with Gasteiger partial charge in [0.1, 0.15) is 5.75 Å². The van der Waals surface area contributed by atoms with Crippen LogP contribution in [0.5, 0.6) is 5.75 Å². The largest absolute Gasteiger partial charge is 0.508 e. The molecule has 0 saturated carbocycles. The highest BCUT2D eigenvalue weighted by atomic mass is 16.3. The highest BCUT2D eigenvalue weighted by Crippen LogP contribution is 2.23. The third-order valence-corrected chi connectivity index (χ3v) is 4.67. The third kappa shape index (κ3) is 2.97. The van der Waals surface area contributed by atoms with Crippen LogP contribution in [0.15, 0.2) is 36.8 Å². The monoisotopic (exact) mass is 323 g/mol. The molecule has 0 amide bonds. The van der Waals surface area contributed by atoms with Crippen LogP contribution in [0.25, 0.3) is 22.6 Å². The van der Waals surface area contributed by atoms with Crippen LogP contribution in [-0.4, -0.2) is 49.7 Å². The van der Waals surface area contributed by atoms with Crippen molar-refractivity contribution in [1.29, 1.82) is 0 Å². The zero-order valence-corrected chi connectivity index (χ0v) is 13.8. The van der Waals surface area contributed by atoms with E-state index in [4.69, 9.17) is 4.98 Å². The summed E-state index contributed by atoms with van der Waals surface area (Å²) in [4.78, 5) is 16.0. The summed E-state index contributed by atoms with van der Waals surface area (Å²) >= 11 is 0. The van der Waals surface area contributed by atoms with E-state index in [1.807, 2.05) is 18.5 Å². The fraction of sp³-hybridized carbons (Fsp3) is 0.389. The van der Waals surface area contributed by atoms with Gasteiger partial charge in [-0.05, 0) is 56.6 Å². The second-order valence-electron chi connectivity index (χ2n) is 6.62. The van der Waals surface area contributed by atoms with E-state index >= 15 is 0 Å². The van der Waals surface area contributed by atoms with Crippen molar-refractivity contribution in [1.82, 2.24) is 24.4 Å². The Morgan fingerprint density at radius 2 is 2.04 bits per heavy atom. The van der Waals surface area contributed by atoms with Crippen molar-refractivity contribution in [3.8, 4) is 17.0 Å². The zero-order valence-electron chi connectivity index (χ0n) is 13.8. The average molecular weight is 323 g/mol. The normalized spacial score (nSPS) is 19.0. The molecule has 1 fully saturated rings. The smallest absolute Gasteiger partial charge is 0.197 e. The molecule has 4 rings (SSSR count). The molecule has 1 unspecified atom stereocenters. The summed E-state index contributed by atoms with van der Waals surface area (Å²) in [5.74, 6) is 0.875. The average Bonchev–Trinajstić information content (AvgIpc) is 2.98. The second-order valence-corrected chi connectivity index (χ2v) is 6.62. The van der Waals surface area contributed by atoms with Gasteiger partial charge in [0.15, 0.2) is 11.3 Å². The summed E-state index contributed by atoms with van der Waals surface area (Å²) in [7, 11) is 2.18. The van der Waals surface area contributed by atoms with Gasteiger partial charge in [-0.1, -0.05) is 0 Å². The van der Waals surface area contributed by atoms with Crippen LogP contribution >= 0.6 is 0 Å². The molecule has 1 N–H and O–H groups in total. The van der Waals surface area contributed by atoms with Gasteiger partial charge in [-0.25, -0.2) is 15.0 Å². The van der Waals surface area contributed by atoms with Crippen LogP contribution in [0, 0.1) is 5.92 Å². The topological polar surface area (TPSA) is 67.1 Å². The van der Waals surface area contributed by atoms with E-state index in [1.165, 1.54) is 19.4 Å². The first kappa shape index (κ1) is 15.1. The van der Waals surface area contributed by atoms with E-state index in [9.17, 15) is 5.11 Å².